The van der Waals surface area contributed by atoms with Gasteiger partial charge >= 0.3 is 0 Å². The summed E-state index contributed by atoms with van der Waals surface area (Å²) in [4.78, 5) is 33.9. The number of aromatic nitrogens is 4. The zero-order valence-corrected chi connectivity index (χ0v) is 18.8. The van der Waals surface area contributed by atoms with Crippen molar-refractivity contribution in [3.05, 3.63) is 36.3 Å². The fraction of sp³-hybridized carbons (Fsp3) is 0.458. The van der Waals surface area contributed by atoms with Crippen LogP contribution in [-0.2, 0) is 4.79 Å². The Hall–Kier alpha value is -3.29. The van der Waals surface area contributed by atoms with Gasteiger partial charge in [-0.1, -0.05) is 0 Å². The van der Waals surface area contributed by atoms with Gasteiger partial charge in [0, 0.05) is 36.5 Å². The zero-order chi connectivity index (χ0) is 22.7. The first-order chi connectivity index (χ1) is 15.4. The van der Waals surface area contributed by atoms with Crippen LogP contribution in [0.1, 0.15) is 63.2 Å². The van der Waals surface area contributed by atoms with Gasteiger partial charge in [0.15, 0.2) is 0 Å². The molecule has 0 radical (unpaired) electrons. The molecule has 1 aliphatic rings. The molecule has 8 heteroatoms. The van der Waals surface area contributed by atoms with E-state index < -0.39 is 0 Å². The summed E-state index contributed by atoms with van der Waals surface area (Å²) < 4.78 is 0. The molecule has 0 unspecified atom stereocenters. The Balaban J connectivity index is 1.59. The van der Waals surface area contributed by atoms with Crippen LogP contribution >= 0.6 is 0 Å². The van der Waals surface area contributed by atoms with Crippen molar-refractivity contribution in [3.63, 3.8) is 0 Å². The van der Waals surface area contributed by atoms with Gasteiger partial charge in [0.1, 0.15) is 11.3 Å². The van der Waals surface area contributed by atoms with Crippen molar-refractivity contribution in [1.29, 1.82) is 0 Å². The predicted molar refractivity (Wildman–Crippen MR) is 124 cm³/mol. The highest BCUT2D eigenvalue weighted by Crippen LogP contribution is 2.30. The van der Waals surface area contributed by atoms with Gasteiger partial charge in [0.2, 0.25) is 0 Å². The quantitative estimate of drug-likeness (QED) is 0.516. The lowest BCUT2D eigenvalue weighted by Crippen LogP contribution is -2.38. The average Bonchev–Trinajstić information content (AvgIpc) is 3.29. The molecule has 0 spiro atoms. The van der Waals surface area contributed by atoms with E-state index in [9.17, 15) is 9.59 Å². The van der Waals surface area contributed by atoms with E-state index in [2.05, 4.69) is 25.8 Å². The number of amides is 1. The second-order valence-corrected chi connectivity index (χ2v) is 8.99. The Kier molecular flexibility index (Phi) is 6.48. The van der Waals surface area contributed by atoms with Crippen LogP contribution in [0.5, 0.6) is 0 Å². The molecule has 0 atom stereocenters. The second kappa shape index (κ2) is 9.46. The van der Waals surface area contributed by atoms with Crippen molar-refractivity contribution >= 4 is 28.4 Å². The van der Waals surface area contributed by atoms with Gasteiger partial charge in [-0.15, -0.1) is 0 Å². The molecule has 0 saturated heterocycles. The Morgan fingerprint density at radius 1 is 1.16 bits per heavy atom. The lowest BCUT2D eigenvalue weighted by molar-refractivity contribution is -0.118. The second-order valence-electron chi connectivity index (χ2n) is 8.99. The maximum absolute atomic E-state index is 13.2. The average molecular weight is 435 g/mol. The van der Waals surface area contributed by atoms with Crippen LogP contribution in [-0.4, -0.2) is 43.9 Å². The van der Waals surface area contributed by atoms with Crippen LogP contribution in [0.25, 0.3) is 22.3 Å². The van der Waals surface area contributed by atoms with Crippen molar-refractivity contribution in [2.75, 3.05) is 5.32 Å². The number of H-pyrrole nitrogens is 1. The van der Waals surface area contributed by atoms with Crippen molar-refractivity contribution in [1.82, 2.24) is 25.5 Å². The van der Waals surface area contributed by atoms with E-state index in [0.717, 1.165) is 42.5 Å². The topological polar surface area (TPSA) is 113 Å². The maximum atomic E-state index is 13.2. The van der Waals surface area contributed by atoms with E-state index >= 15 is 0 Å². The van der Waals surface area contributed by atoms with E-state index in [1.165, 1.54) is 0 Å². The number of aromatic amines is 1. The summed E-state index contributed by atoms with van der Waals surface area (Å²) >= 11 is 0. The third-order valence-electron chi connectivity index (χ3n) is 5.94. The van der Waals surface area contributed by atoms with Gasteiger partial charge in [-0.2, -0.15) is 5.10 Å². The molecule has 1 fully saturated rings. The third-order valence-corrected chi connectivity index (χ3v) is 5.94. The number of Topliss-reactive ketones (excluding diaryl/α,β-unsaturated/α-hetero) is 1. The molecule has 0 aromatic carbocycles. The van der Waals surface area contributed by atoms with Gasteiger partial charge in [-0.3, -0.25) is 14.9 Å². The van der Waals surface area contributed by atoms with E-state index in [1.54, 1.807) is 25.5 Å². The van der Waals surface area contributed by atoms with E-state index in [-0.39, 0.29) is 23.8 Å². The largest absolute Gasteiger partial charge is 0.380 e. The SMILES string of the molecule is CC(=O)CC1CCC(NC(=O)c2cnc3ccc(-c4cn[nH]c4)nc3c2NC(C)C)CC1. The summed E-state index contributed by atoms with van der Waals surface area (Å²) in [6, 6.07) is 4.04. The lowest BCUT2D eigenvalue weighted by Gasteiger charge is -2.29. The molecule has 3 N–H and O–H groups in total. The Bertz CT molecular complexity index is 1100. The van der Waals surface area contributed by atoms with Crippen molar-refractivity contribution in [2.45, 2.75) is 65.0 Å². The molecule has 3 aromatic rings. The Morgan fingerprint density at radius 3 is 2.59 bits per heavy atom. The number of pyridine rings is 2. The van der Waals surface area contributed by atoms with Crippen molar-refractivity contribution in [2.24, 2.45) is 5.92 Å². The predicted octanol–water partition coefficient (Wildman–Crippen LogP) is 4.11. The molecule has 0 bridgehead atoms. The lowest BCUT2D eigenvalue weighted by atomic mass is 9.83. The van der Waals surface area contributed by atoms with Crippen molar-refractivity contribution < 1.29 is 9.59 Å². The number of anilines is 1. The first kappa shape index (κ1) is 21.9. The number of nitrogens with zero attached hydrogens (tertiary/aromatic N) is 3. The number of rotatable bonds is 7. The zero-order valence-electron chi connectivity index (χ0n) is 18.8. The molecule has 0 aliphatic heterocycles. The highest BCUT2D eigenvalue weighted by atomic mass is 16.1. The third kappa shape index (κ3) is 4.95. The highest BCUT2D eigenvalue weighted by molar-refractivity contribution is 6.06. The molecule has 1 saturated carbocycles. The molecular weight excluding hydrogens is 404 g/mol. The number of hydrogen-bond acceptors (Lipinski definition) is 6. The van der Waals surface area contributed by atoms with Gasteiger partial charge in [-0.05, 0) is 64.5 Å². The van der Waals surface area contributed by atoms with Gasteiger partial charge in [0.05, 0.1) is 28.7 Å². The normalized spacial score (nSPS) is 18.6. The monoisotopic (exact) mass is 434 g/mol. The molecule has 1 amide bonds. The number of ketones is 1. The summed E-state index contributed by atoms with van der Waals surface area (Å²) in [6.07, 6.45) is 9.49. The van der Waals surface area contributed by atoms with Crippen LogP contribution in [0.4, 0.5) is 5.69 Å². The maximum Gasteiger partial charge on any atom is 0.255 e. The Labute approximate surface area is 187 Å². The summed E-state index contributed by atoms with van der Waals surface area (Å²) in [5, 5.41) is 13.4. The minimum Gasteiger partial charge on any atom is -0.380 e. The van der Waals surface area contributed by atoms with Gasteiger partial charge < -0.3 is 15.4 Å². The first-order valence-electron chi connectivity index (χ1n) is 11.3. The summed E-state index contributed by atoms with van der Waals surface area (Å²) in [6.45, 7) is 5.71. The highest BCUT2D eigenvalue weighted by Gasteiger charge is 2.25. The Morgan fingerprint density at radius 2 is 1.94 bits per heavy atom. The van der Waals surface area contributed by atoms with Crippen LogP contribution in [0.15, 0.2) is 30.7 Å². The summed E-state index contributed by atoms with van der Waals surface area (Å²) in [7, 11) is 0. The number of carbonyl (C=O) groups is 2. The minimum absolute atomic E-state index is 0.110. The number of nitrogens with one attached hydrogen (secondary N) is 3. The van der Waals surface area contributed by atoms with E-state index in [4.69, 9.17) is 4.98 Å². The molecule has 32 heavy (non-hydrogen) atoms. The molecule has 168 valence electrons. The van der Waals surface area contributed by atoms with Crippen molar-refractivity contribution in [3.8, 4) is 11.3 Å². The smallest absolute Gasteiger partial charge is 0.255 e. The molecule has 3 heterocycles. The molecular formula is C24H30N6O2. The number of fused-ring (bicyclic) bond motifs is 1. The first-order valence-corrected chi connectivity index (χ1v) is 11.3. The molecule has 1 aliphatic carbocycles. The molecule has 4 rings (SSSR count). The van der Waals surface area contributed by atoms with E-state index in [1.807, 2.05) is 26.0 Å². The number of hydrogen-bond donors (Lipinski definition) is 3. The van der Waals surface area contributed by atoms with E-state index in [0.29, 0.717) is 29.1 Å². The van der Waals surface area contributed by atoms with Gasteiger partial charge in [-0.25, -0.2) is 4.98 Å². The molecule has 3 aromatic heterocycles. The van der Waals surface area contributed by atoms with Crippen LogP contribution < -0.4 is 10.6 Å². The number of carbonyl (C=O) groups excluding carboxylic acids is 2. The standard InChI is InChI=1S/C24H30N6O2/c1-14(2)28-22-19(24(32)29-18-6-4-16(5-7-18)10-15(3)31)13-25-21-9-8-20(30-23(21)22)17-11-26-27-12-17/h8-9,11-14,16,18H,4-7,10H2,1-3H3,(H,25,28)(H,26,27)(H,29,32). The summed E-state index contributed by atoms with van der Waals surface area (Å²) in [5.41, 5.74) is 4.21. The van der Waals surface area contributed by atoms with Crippen LogP contribution in [0, 0.1) is 5.92 Å². The fourth-order valence-corrected chi connectivity index (χ4v) is 4.41. The van der Waals surface area contributed by atoms with Gasteiger partial charge in [0.25, 0.3) is 5.91 Å². The van der Waals surface area contributed by atoms with Crippen LogP contribution in [0.3, 0.4) is 0 Å². The fourth-order valence-electron chi connectivity index (χ4n) is 4.41. The molecule has 8 nitrogen and oxygen atoms in total. The minimum atomic E-state index is -0.145. The van der Waals surface area contributed by atoms with Crippen LogP contribution in [0.2, 0.25) is 0 Å². The summed E-state index contributed by atoms with van der Waals surface area (Å²) in [5.74, 6) is 0.534.